The lowest BCUT2D eigenvalue weighted by Gasteiger charge is -2.21. The highest BCUT2D eigenvalue weighted by atomic mass is 32.2. The Hall–Kier alpha value is -0.130. The molecule has 0 bridgehead atoms. The molecule has 1 N–H and O–H groups in total. The smallest absolute Gasteiger partial charge is 0.216 e. The summed E-state index contributed by atoms with van der Waals surface area (Å²) in [5.74, 6) is 0. The zero-order chi connectivity index (χ0) is 8.32. The van der Waals surface area contributed by atoms with Crippen molar-refractivity contribution in [2.24, 2.45) is 0 Å². The third-order valence-corrected chi connectivity index (χ3v) is 3.66. The molecular weight excluding hydrogens is 166 g/mol. The van der Waals surface area contributed by atoms with Gasteiger partial charge in [-0.05, 0) is 19.9 Å². The predicted octanol–water partition coefficient (Wildman–Crippen LogP) is -0.285. The fourth-order valence-electron chi connectivity index (χ4n) is 1.12. The molecule has 1 fully saturated rings. The molecule has 11 heavy (non-hydrogen) atoms. The minimum absolute atomic E-state index is 0.336. The summed E-state index contributed by atoms with van der Waals surface area (Å²) in [6.07, 6.45) is 1.55. The molecule has 0 saturated carbocycles. The van der Waals surface area contributed by atoms with E-state index in [9.17, 15) is 8.42 Å². The van der Waals surface area contributed by atoms with Crippen LogP contribution in [0.2, 0.25) is 0 Å². The van der Waals surface area contributed by atoms with E-state index in [0.29, 0.717) is 19.6 Å². The summed E-state index contributed by atoms with van der Waals surface area (Å²) in [4.78, 5) is 0. The van der Waals surface area contributed by atoms with Crippen LogP contribution in [0.4, 0.5) is 0 Å². The monoisotopic (exact) mass is 179 g/mol. The van der Waals surface area contributed by atoms with Gasteiger partial charge in [0, 0.05) is 6.61 Å². The predicted molar refractivity (Wildman–Crippen MR) is 41.8 cm³/mol. The van der Waals surface area contributed by atoms with Crippen LogP contribution in [0.25, 0.3) is 0 Å². The number of ether oxygens (including phenoxy) is 1. The molecule has 66 valence electrons. The molecule has 0 aliphatic carbocycles. The largest absolute Gasteiger partial charge is 0.380 e. The normalized spacial score (nSPS) is 26.8. The van der Waals surface area contributed by atoms with Gasteiger partial charge >= 0.3 is 0 Å². The Bertz CT molecular complexity index is 206. The molecule has 1 atom stereocenters. The second-order valence-electron chi connectivity index (χ2n) is 2.59. The molecule has 5 heteroatoms. The molecule has 0 aromatic rings. The van der Waals surface area contributed by atoms with Gasteiger partial charge in [0.15, 0.2) is 0 Å². The van der Waals surface area contributed by atoms with Crippen molar-refractivity contribution in [2.75, 3.05) is 20.3 Å². The average molecular weight is 179 g/mol. The SMILES string of the molecule is CNS(=O)(=O)C1CCCOC1. The number of rotatable bonds is 2. The summed E-state index contributed by atoms with van der Waals surface area (Å²) in [6, 6.07) is 0. The van der Waals surface area contributed by atoms with Gasteiger partial charge in [0.25, 0.3) is 0 Å². The van der Waals surface area contributed by atoms with Crippen molar-refractivity contribution in [2.45, 2.75) is 18.1 Å². The van der Waals surface area contributed by atoms with E-state index in [1.165, 1.54) is 7.05 Å². The van der Waals surface area contributed by atoms with Crippen LogP contribution in [0.15, 0.2) is 0 Å². The lowest BCUT2D eigenvalue weighted by Crippen LogP contribution is -2.37. The second kappa shape index (κ2) is 3.51. The van der Waals surface area contributed by atoms with Crippen LogP contribution in [0, 0.1) is 0 Å². The topological polar surface area (TPSA) is 55.4 Å². The zero-order valence-corrected chi connectivity index (χ0v) is 7.36. The van der Waals surface area contributed by atoms with Crippen molar-refractivity contribution in [1.82, 2.24) is 4.72 Å². The highest BCUT2D eigenvalue weighted by Gasteiger charge is 2.25. The Morgan fingerprint density at radius 3 is 2.73 bits per heavy atom. The summed E-state index contributed by atoms with van der Waals surface area (Å²) in [5.41, 5.74) is 0. The minimum Gasteiger partial charge on any atom is -0.380 e. The summed E-state index contributed by atoms with van der Waals surface area (Å²) in [5, 5.41) is -0.346. The lowest BCUT2D eigenvalue weighted by atomic mass is 10.2. The number of sulfonamides is 1. The summed E-state index contributed by atoms with van der Waals surface area (Å²) in [7, 11) is -1.66. The Labute approximate surface area is 67.0 Å². The molecule has 4 nitrogen and oxygen atoms in total. The maximum atomic E-state index is 11.2. The first-order valence-corrected chi connectivity index (χ1v) is 5.21. The number of nitrogens with one attached hydrogen (secondary N) is 1. The standard InChI is InChI=1S/C6H13NO3S/c1-7-11(8,9)6-3-2-4-10-5-6/h6-7H,2-5H2,1H3. The summed E-state index contributed by atoms with van der Waals surface area (Å²) < 4.78 is 29.7. The van der Waals surface area contributed by atoms with Crippen LogP contribution in [-0.4, -0.2) is 33.9 Å². The van der Waals surface area contributed by atoms with Gasteiger partial charge in [0.2, 0.25) is 10.0 Å². The van der Waals surface area contributed by atoms with Crippen LogP contribution in [0.3, 0.4) is 0 Å². The van der Waals surface area contributed by atoms with Crippen LogP contribution in [0.5, 0.6) is 0 Å². The molecule has 0 spiro atoms. The van der Waals surface area contributed by atoms with E-state index >= 15 is 0 Å². The first-order chi connectivity index (χ1) is 5.17. The molecule has 0 aromatic carbocycles. The molecule has 1 saturated heterocycles. The van der Waals surface area contributed by atoms with E-state index in [1.807, 2.05) is 0 Å². The Morgan fingerprint density at radius 1 is 1.55 bits per heavy atom. The molecule has 1 unspecified atom stereocenters. The van der Waals surface area contributed by atoms with Crippen molar-refractivity contribution in [3.05, 3.63) is 0 Å². The molecule has 0 radical (unpaired) electrons. The highest BCUT2D eigenvalue weighted by molar-refractivity contribution is 7.90. The van der Waals surface area contributed by atoms with Crippen molar-refractivity contribution < 1.29 is 13.2 Å². The van der Waals surface area contributed by atoms with Crippen molar-refractivity contribution >= 4 is 10.0 Å². The quantitative estimate of drug-likeness (QED) is 0.634. The van der Waals surface area contributed by atoms with Crippen molar-refractivity contribution in [1.29, 1.82) is 0 Å². The van der Waals surface area contributed by atoms with Gasteiger partial charge in [0.1, 0.15) is 0 Å². The molecule has 1 aliphatic rings. The first-order valence-electron chi connectivity index (χ1n) is 3.67. The van der Waals surface area contributed by atoms with Crippen molar-refractivity contribution in [3.8, 4) is 0 Å². The van der Waals surface area contributed by atoms with Crippen LogP contribution in [-0.2, 0) is 14.8 Å². The van der Waals surface area contributed by atoms with Gasteiger partial charge in [0.05, 0.1) is 11.9 Å². The van der Waals surface area contributed by atoms with E-state index < -0.39 is 10.0 Å². The van der Waals surface area contributed by atoms with E-state index in [1.54, 1.807) is 0 Å². The van der Waals surface area contributed by atoms with Crippen LogP contribution in [0.1, 0.15) is 12.8 Å². The van der Waals surface area contributed by atoms with Gasteiger partial charge in [-0.3, -0.25) is 0 Å². The van der Waals surface area contributed by atoms with E-state index in [-0.39, 0.29) is 5.25 Å². The fraction of sp³-hybridized carbons (Fsp3) is 1.00. The Kier molecular flexibility index (Phi) is 2.86. The van der Waals surface area contributed by atoms with E-state index in [2.05, 4.69) is 4.72 Å². The maximum Gasteiger partial charge on any atom is 0.216 e. The molecule has 1 aliphatic heterocycles. The Morgan fingerprint density at radius 2 is 2.27 bits per heavy atom. The molecule has 1 rings (SSSR count). The second-order valence-corrected chi connectivity index (χ2v) is 4.75. The number of hydrogen-bond acceptors (Lipinski definition) is 3. The van der Waals surface area contributed by atoms with Gasteiger partial charge in [-0.2, -0.15) is 0 Å². The summed E-state index contributed by atoms with van der Waals surface area (Å²) in [6.45, 7) is 1.03. The maximum absolute atomic E-state index is 11.2. The van der Waals surface area contributed by atoms with Crippen LogP contribution >= 0.6 is 0 Å². The third kappa shape index (κ3) is 2.15. The summed E-state index contributed by atoms with van der Waals surface area (Å²) >= 11 is 0. The van der Waals surface area contributed by atoms with Crippen molar-refractivity contribution in [3.63, 3.8) is 0 Å². The van der Waals surface area contributed by atoms with Gasteiger partial charge in [-0.25, -0.2) is 13.1 Å². The van der Waals surface area contributed by atoms with Gasteiger partial charge in [-0.1, -0.05) is 0 Å². The zero-order valence-electron chi connectivity index (χ0n) is 6.54. The first kappa shape index (κ1) is 8.96. The van der Waals surface area contributed by atoms with E-state index in [4.69, 9.17) is 4.74 Å². The number of hydrogen-bond donors (Lipinski definition) is 1. The molecule has 0 amide bonds. The Balaban J connectivity index is 2.58. The van der Waals surface area contributed by atoms with Crippen LogP contribution < -0.4 is 4.72 Å². The van der Waals surface area contributed by atoms with Gasteiger partial charge in [-0.15, -0.1) is 0 Å². The third-order valence-electron chi connectivity index (χ3n) is 1.84. The molecule has 0 aromatic heterocycles. The highest BCUT2D eigenvalue weighted by Crippen LogP contribution is 2.12. The lowest BCUT2D eigenvalue weighted by molar-refractivity contribution is 0.0989. The molecule has 1 heterocycles. The minimum atomic E-state index is -3.10. The fourth-order valence-corrected chi connectivity index (χ4v) is 2.21. The molecular formula is C6H13NO3S. The van der Waals surface area contributed by atoms with Gasteiger partial charge < -0.3 is 4.74 Å². The van der Waals surface area contributed by atoms with E-state index in [0.717, 1.165) is 6.42 Å². The average Bonchev–Trinajstić information content (AvgIpc) is 2.06.